The zero-order chi connectivity index (χ0) is 22.2. The van der Waals surface area contributed by atoms with Gasteiger partial charge in [-0.1, -0.05) is 91.8 Å². The fraction of sp³-hybridized carbons (Fsp3) is 0.500. The molecule has 4 nitrogen and oxygen atoms in total. The standard InChI is InChI=1S/C24H35BrO4Si/c1-19(25)17-27-21-14-15-23(26-16-10-13-20-11-8-7-9-12-20)29-22(21)18-28-30(5,6)24(2,3)4/h7-15,21-23H,1,16-18H2,2-6H3/b13-10+/t21-,22+,23-/m0/s1. The normalized spacial score (nSPS) is 22.5. The molecule has 6 heteroatoms. The van der Waals surface area contributed by atoms with Crippen LogP contribution >= 0.6 is 15.9 Å². The second-order valence-electron chi connectivity index (χ2n) is 8.94. The van der Waals surface area contributed by atoms with Crippen LogP contribution in [0.3, 0.4) is 0 Å². The highest BCUT2D eigenvalue weighted by Gasteiger charge is 2.39. The highest BCUT2D eigenvalue weighted by molar-refractivity contribution is 9.11. The highest BCUT2D eigenvalue weighted by Crippen LogP contribution is 2.37. The lowest BCUT2D eigenvalue weighted by molar-refractivity contribution is -0.180. The quantitative estimate of drug-likeness (QED) is 0.282. The van der Waals surface area contributed by atoms with Gasteiger partial charge in [0.25, 0.3) is 0 Å². The molecule has 3 atom stereocenters. The molecular weight excluding hydrogens is 460 g/mol. The summed E-state index contributed by atoms with van der Waals surface area (Å²) in [6, 6.07) is 10.2. The van der Waals surface area contributed by atoms with E-state index in [1.54, 1.807) is 0 Å². The van der Waals surface area contributed by atoms with Crippen molar-refractivity contribution in [1.82, 2.24) is 0 Å². The van der Waals surface area contributed by atoms with Gasteiger partial charge in [0.1, 0.15) is 12.2 Å². The van der Waals surface area contributed by atoms with Gasteiger partial charge in [0, 0.05) is 4.48 Å². The molecule has 0 unspecified atom stereocenters. The summed E-state index contributed by atoms with van der Waals surface area (Å²) in [5.74, 6) is 0. The molecule has 166 valence electrons. The molecule has 0 bridgehead atoms. The second kappa shape index (κ2) is 11.6. The number of hydrogen-bond donors (Lipinski definition) is 0. The summed E-state index contributed by atoms with van der Waals surface area (Å²) in [5, 5.41) is 0.135. The third kappa shape index (κ3) is 8.25. The van der Waals surface area contributed by atoms with Crippen LogP contribution in [0.25, 0.3) is 6.08 Å². The van der Waals surface area contributed by atoms with E-state index in [9.17, 15) is 0 Å². The fourth-order valence-corrected chi connectivity index (χ4v) is 3.75. The molecule has 0 radical (unpaired) electrons. The van der Waals surface area contributed by atoms with Crippen LogP contribution in [0.1, 0.15) is 26.3 Å². The Morgan fingerprint density at radius 2 is 1.87 bits per heavy atom. The van der Waals surface area contributed by atoms with Gasteiger partial charge in [-0.2, -0.15) is 0 Å². The van der Waals surface area contributed by atoms with Gasteiger partial charge >= 0.3 is 0 Å². The number of ether oxygens (including phenoxy) is 3. The predicted octanol–water partition coefficient (Wildman–Crippen LogP) is 6.31. The minimum atomic E-state index is -1.89. The van der Waals surface area contributed by atoms with E-state index in [0.29, 0.717) is 19.8 Å². The smallest absolute Gasteiger partial charge is 0.192 e. The molecule has 0 saturated carbocycles. The number of hydrogen-bond acceptors (Lipinski definition) is 4. The summed E-state index contributed by atoms with van der Waals surface area (Å²) in [7, 11) is -1.89. The Kier molecular flexibility index (Phi) is 9.72. The largest absolute Gasteiger partial charge is 0.414 e. The average Bonchev–Trinajstić information content (AvgIpc) is 2.68. The molecule has 0 aliphatic carbocycles. The van der Waals surface area contributed by atoms with Gasteiger partial charge in [-0.05, 0) is 29.8 Å². The Balaban J connectivity index is 1.95. The van der Waals surface area contributed by atoms with Crippen LogP contribution < -0.4 is 0 Å². The van der Waals surface area contributed by atoms with Gasteiger partial charge in [0.2, 0.25) is 0 Å². The van der Waals surface area contributed by atoms with Gasteiger partial charge in [0.05, 0.1) is 19.8 Å². The van der Waals surface area contributed by atoms with Gasteiger partial charge < -0.3 is 18.6 Å². The lowest BCUT2D eigenvalue weighted by Gasteiger charge is -2.39. The Morgan fingerprint density at radius 3 is 2.50 bits per heavy atom. The Labute approximate surface area is 191 Å². The van der Waals surface area contributed by atoms with Gasteiger partial charge in [-0.15, -0.1) is 0 Å². The third-order valence-corrected chi connectivity index (χ3v) is 10.2. The van der Waals surface area contributed by atoms with E-state index in [4.69, 9.17) is 18.6 Å². The molecule has 30 heavy (non-hydrogen) atoms. The van der Waals surface area contributed by atoms with Crippen molar-refractivity contribution in [1.29, 1.82) is 0 Å². The van der Waals surface area contributed by atoms with E-state index in [2.05, 4.69) is 68.5 Å². The van der Waals surface area contributed by atoms with Crippen LogP contribution in [0, 0.1) is 0 Å². The van der Waals surface area contributed by atoms with E-state index in [-0.39, 0.29) is 17.2 Å². The van der Waals surface area contributed by atoms with Crippen molar-refractivity contribution in [2.45, 2.75) is 57.4 Å². The third-order valence-electron chi connectivity index (χ3n) is 5.45. The minimum Gasteiger partial charge on any atom is -0.414 e. The number of rotatable bonds is 10. The predicted molar refractivity (Wildman–Crippen MR) is 130 cm³/mol. The van der Waals surface area contributed by atoms with Gasteiger partial charge in [-0.3, -0.25) is 0 Å². The first-order valence-corrected chi connectivity index (χ1v) is 14.0. The molecular formula is C24H35BrO4Si. The SMILES string of the molecule is C=C(Br)CO[C@H]1C=C[C@@H](OC/C=C/c2ccccc2)O[C@@H]1CO[Si](C)(C)C(C)(C)C. The van der Waals surface area contributed by atoms with E-state index in [1.165, 1.54) is 0 Å². The summed E-state index contributed by atoms with van der Waals surface area (Å²) in [6.45, 7) is 16.4. The Bertz CT molecular complexity index is 724. The van der Waals surface area contributed by atoms with Gasteiger partial charge in [0.15, 0.2) is 14.6 Å². The van der Waals surface area contributed by atoms with Crippen molar-refractivity contribution in [2.75, 3.05) is 19.8 Å². The maximum Gasteiger partial charge on any atom is 0.192 e. The molecule has 2 rings (SSSR count). The summed E-state index contributed by atoms with van der Waals surface area (Å²) < 4.78 is 25.2. The first-order valence-electron chi connectivity index (χ1n) is 10.3. The molecule has 0 spiro atoms. The molecule has 0 fully saturated rings. The lowest BCUT2D eigenvalue weighted by atomic mass is 10.1. The molecule has 0 N–H and O–H groups in total. The Morgan fingerprint density at radius 1 is 1.17 bits per heavy atom. The van der Waals surface area contributed by atoms with Crippen LogP contribution in [0.2, 0.25) is 18.1 Å². The summed E-state index contributed by atoms with van der Waals surface area (Å²) in [6.07, 6.45) is 7.07. The molecule has 0 aromatic heterocycles. The molecule has 0 amide bonds. The van der Waals surface area contributed by atoms with Crippen molar-refractivity contribution in [2.24, 2.45) is 0 Å². The molecule has 1 aromatic rings. The van der Waals surface area contributed by atoms with Gasteiger partial charge in [-0.25, -0.2) is 0 Å². The van der Waals surface area contributed by atoms with Crippen molar-refractivity contribution in [3.63, 3.8) is 0 Å². The molecule has 1 aromatic carbocycles. The maximum absolute atomic E-state index is 6.40. The van der Waals surface area contributed by atoms with Crippen LogP contribution in [0.4, 0.5) is 0 Å². The van der Waals surface area contributed by atoms with Crippen LogP contribution in [0.5, 0.6) is 0 Å². The first-order chi connectivity index (χ1) is 14.1. The summed E-state index contributed by atoms with van der Waals surface area (Å²) in [5.41, 5.74) is 1.14. The highest BCUT2D eigenvalue weighted by atomic mass is 79.9. The molecule has 0 saturated heterocycles. The van der Waals surface area contributed by atoms with Crippen LogP contribution in [-0.2, 0) is 18.6 Å². The summed E-state index contributed by atoms with van der Waals surface area (Å²) >= 11 is 3.35. The van der Waals surface area contributed by atoms with E-state index in [1.807, 2.05) is 42.5 Å². The molecule has 1 heterocycles. The fourth-order valence-electron chi connectivity index (χ4n) is 2.60. The zero-order valence-electron chi connectivity index (χ0n) is 18.8. The first kappa shape index (κ1) is 25.2. The zero-order valence-corrected chi connectivity index (χ0v) is 21.4. The maximum atomic E-state index is 6.40. The number of halogens is 1. The van der Waals surface area contributed by atoms with E-state index >= 15 is 0 Å². The topological polar surface area (TPSA) is 36.9 Å². The van der Waals surface area contributed by atoms with Crippen molar-refractivity contribution < 1.29 is 18.6 Å². The average molecular weight is 496 g/mol. The lowest BCUT2D eigenvalue weighted by Crippen LogP contribution is -2.47. The van der Waals surface area contributed by atoms with Crippen molar-refractivity contribution in [3.8, 4) is 0 Å². The molecule has 1 aliphatic rings. The van der Waals surface area contributed by atoms with Crippen LogP contribution in [0.15, 0.2) is 59.6 Å². The summed E-state index contributed by atoms with van der Waals surface area (Å²) in [4.78, 5) is 0. The monoisotopic (exact) mass is 494 g/mol. The van der Waals surface area contributed by atoms with Crippen LogP contribution in [-0.4, -0.2) is 46.6 Å². The number of benzene rings is 1. The molecule has 1 aliphatic heterocycles. The van der Waals surface area contributed by atoms with Crippen molar-refractivity contribution >= 4 is 30.3 Å². The van der Waals surface area contributed by atoms with Crippen molar-refractivity contribution in [3.05, 3.63) is 65.2 Å². The minimum absolute atomic E-state index is 0.135. The van der Waals surface area contributed by atoms with E-state index < -0.39 is 14.6 Å². The second-order valence-corrected chi connectivity index (χ2v) is 14.9. The Hall–Kier alpha value is -1.02. The van der Waals surface area contributed by atoms with E-state index in [0.717, 1.165) is 10.0 Å².